The zero-order chi connectivity index (χ0) is 12.3. The fourth-order valence-electron chi connectivity index (χ4n) is 2.29. The molecular formula is C14H23NOS. The van der Waals surface area contributed by atoms with Gasteiger partial charge in [0.05, 0.1) is 6.10 Å². The molecule has 0 amide bonds. The fourth-order valence-corrected chi connectivity index (χ4v) is 2.98. The summed E-state index contributed by atoms with van der Waals surface area (Å²) in [4.78, 5) is 0. The molecule has 0 spiro atoms. The van der Waals surface area contributed by atoms with Crippen molar-refractivity contribution in [2.45, 2.75) is 45.3 Å². The highest BCUT2D eigenvalue weighted by molar-refractivity contribution is 7.07. The predicted molar refractivity (Wildman–Crippen MR) is 73.5 cm³/mol. The van der Waals surface area contributed by atoms with E-state index in [1.807, 2.05) is 0 Å². The van der Waals surface area contributed by atoms with Crippen LogP contribution in [0.15, 0.2) is 16.8 Å². The lowest BCUT2D eigenvalue weighted by atomic mass is 9.90. The summed E-state index contributed by atoms with van der Waals surface area (Å²) in [5.41, 5.74) is 1.55. The maximum Gasteiger partial charge on any atom is 0.0873 e. The summed E-state index contributed by atoms with van der Waals surface area (Å²) < 4.78 is 5.97. The van der Waals surface area contributed by atoms with E-state index in [-0.39, 0.29) is 5.54 Å². The van der Waals surface area contributed by atoms with E-state index in [2.05, 4.69) is 42.9 Å². The Hall–Kier alpha value is -0.380. The van der Waals surface area contributed by atoms with Gasteiger partial charge in [0.1, 0.15) is 0 Å². The average molecular weight is 253 g/mol. The molecule has 3 heteroatoms. The molecule has 0 bridgehead atoms. The standard InChI is InChI=1S/C14H23NOS/c1-14(2,3)15-9-11-5-4-7-16-13(11)12-6-8-17-10-12/h6,8,10-11,13,15H,4-5,7,9H2,1-3H3. The van der Waals surface area contributed by atoms with Crippen LogP contribution in [0.5, 0.6) is 0 Å². The highest BCUT2D eigenvalue weighted by Gasteiger charge is 2.28. The highest BCUT2D eigenvalue weighted by Crippen LogP contribution is 2.34. The molecule has 1 aromatic rings. The molecule has 1 N–H and O–H groups in total. The molecule has 1 aliphatic rings. The van der Waals surface area contributed by atoms with Crippen molar-refractivity contribution >= 4 is 11.3 Å². The van der Waals surface area contributed by atoms with Gasteiger partial charge in [0.15, 0.2) is 0 Å². The van der Waals surface area contributed by atoms with Gasteiger partial charge in [0, 0.05) is 24.6 Å². The summed E-state index contributed by atoms with van der Waals surface area (Å²) >= 11 is 1.76. The molecule has 0 aliphatic carbocycles. The Labute approximate surface area is 108 Å². The van der Waals surface area contributed by atoms with Crippen LogP contribution in [0.3, 0.4) is 0 Å². The van der Waals surface area contributed by atoms with Gasteiger partial charge in [-0.25, -0.2) is 0 Å². The SMILES string of the molecule is CC(C)(C)NCC1CCCOC1c1ccsc1. The zero-order valence-corrected chi connectivity index (χ0v) is 11.8. The summed E-state index contributed by atoms with van der Waals surface area (Å²) in [5.74, 6) is 0.609. The maximum atomic E-state index is 5.97. The normalized spacial score (nSPS) is 26.1. The highest BCUT2D eigenvalue weighted by atomic mass is 32.1. The zero-order valence-electron chi connectivity index (χ0n) is 11.0. The summed E-state index contributed by atoms with van der Waals surface area (Å²) in [5, 5.41) is 7.97. The summed E-state index contributed by atoms with van der Waals surface area (Å²) in [6.07, 6.45) is 2.76. The van der Waals surface area contributed by atoms with Gasteiger partial charge in [-0.05, 0) is 56.0 Å². The molecule has 0 radical (unpaired) electrons. The number of thiophene rings is 1. The maximum absolute atomic E-state index is 5.97. The van der Waals surface area contributed by atoms with E-state index in [4.69, 9.17) is 4.74 Å². The molecule has 2 atom stereocenters. The van der Waals surface area contributed by atoms with Gasteiger partial charge < -0.3 is 10.1 Å². The van der Waals surface area contributed by atoms with Gasteiger partial charge in [-0.3, -0.25) is 0 Å². The third kappa shape index (κ3) is 3.80. The lowest BCUT2D eigenvalue weighted by molar-refractivity contribution is -0.0290. The van der Waals surface area contributed by atoms with Crippen molar-refractivity contribution in [1.29, 1.82) is 0 Å². The summed E-state index contributed by atoms with van der Waals surface area (Å²) in [6.45, 7) is 8.61. The van der Waals surface area contributed by atoms with Gasteiger partial charge in [0.2, 0.25) is 0 Å². The first-order chi connectivity index (χ1) is 8.06. The van der Waals surface area contributed by atoms with Crippen molar-refractivity contribution in [3.8, 4) is 0 Å². The Kier molecular flexibility index (Phi) is 4.23. The van der Waals surface area contributed by atoms with Crippen LogP contribution in [0.25, 0.3) is 0 Å². The van der Waals surface area contributed by atoms with Crippen LogP contribution < -0.4 is 5.32 Å². The molecule has 2 rings (SSSR count). The van der Waals surface area contributed by atoms with Gasteiger partial charge >= 0.3 is 0 Å². The number of ether oxygens (including phenoxy) is 1. The fraction of sp³-hybridized carbons (Fsp3) is 0.714. The third-order valence-corrected chi connectivity index (χ3v) is 3.91. The van der Waals surface area contributed by atoms with Crippen molar-refractivity contribution < 1.29 is 4.74 Å². The topological polar surface area (TPSA) is 21.3 Å². The van der Waals surface area contributed by atoms with Crippen LogP contribution in [0.4, 0.5) is 0 Å². The minimum Gasteiger partial charge on any atom is -0.373 e. The molecule has 1 aliphatic heterocycles. The smallest absolute Gasteiger partial charge is 0.0873 e. The van der Waals surface area contributed by atoms with Crippen molar-refractivity contribution in [2.75, 3.05) is 13.2 Å². The van der Waals surface area contributed by atoms with Crippen LogP contribution in [0.2, 0.25) is 0 Å². The van der Waals surface area contributed by atoms with E-state index in [1.54, 1.807) is 11.3 Å². The Morgan fingerprint density at radius 2 is 2.29 bits per heavy atom. The first-order valence-electron chi connectivity index (χ1n) is 6.45. The number of hydrogen-bond acceptors (Lipinski definition) is 3. The van der Waals surface area contributed by atoms with Crippen LogP contribution in [-0.4, -0.2) is 18.7 Å². The lowest BCUT2D eigenvalue weighted by Gasteiger charge is -2.34. The molecule has 1 aromatic heterocycles. The summed E-state index contributed by atoms with van der Waals surface area (Å²) in [7, 11) is 0. The minimum atomic E-state index is 0.191. The molecule has 2 nitrogen and oxygen atoms in total. The van der Waals surface area contributed by atoms with Crippen molar-refractivity contribution in [3.05, 3.63) is 22.4 Å². The molecule has 0 saturated carbocycles. The number of rotatable bonds is 3. The van der Waals surface area contributed by atoms with Gasteiger partial charge in [-0.15, -0.1) is 0 Å². The van der Waals surface area contributed by atoms with Gasteiger partial charge in [-0.1, -0.05) is 0 Å². The monoisotopic (exact) mass is 253 g/mol. The van der Waals surface area contributed by atoms with Gasteiger partial charge in [0.25, 0.3) is 0 Å². The lowest BCUT2D eigenvalue weighted by Crippen LogP contribution is -2.41. The van der Waals surface area contributed by atoms with E-state index >= 15 is 0 Å². The molecule has 2 unspecified atom stereocenters. The van der Waals surface area contributed by atoms with E-state index in [1.165, 1.54) is 18.4 Å². The molecule has 96 valence electrons. The second-order valence-electron chi connectivity index (χ2n) is 5.88. The van der Waals surface area contributed by atoms with Crippen molar-refractivity contribution in [3.63, 3.8) is 0 Å². The van der Waals surface area contributed by atoms with Gasteiger partial charge in [-0.2, -0.15) is 11.3 Å². The number of hydrogen-bond donors (Lipinski definition) is 1. The van der Waals surface area contributed by atoms with E-state index in [9.17, 15) is 0 Å². The average Bonchev–Trinajstić information content (AvgIpc) is 2.79. The molecule has 17 heavy (non-hydrogen) atoms. The Morgan fingerprint density at radius 3 is 2.94 bits per heavy atom. The molecule has 1 saturated heterocycles. The van der Waals surface area contributed by atoms with Crippen molar-refractivity contribution in [1.82, 2.24) is 5.32 Å². The van der Waals surface area contributed by atoms with E-state index in [0.717, 1.165) is 13.2 Å². The molecule has 2 heterocycles. The van der Waals surface area contributed by atoms with Crippen LogP contribution in [0, 0.1) is 5.92 Å². The van der Waals surface area contributed by atoms with Crippen LogP contribution >= 0.6 is 11.3 Å². The largest absolute Gasteiger partial charge is 0.373 e. The second kappa shape index (κ2) is 5.51. The quantitative estimate of drug-likeness (QED) is 0.888. The molecule has 1 fully saturated rings. The molecule has 0 aromatic carbocycles. The second-order valence-corrected chi connectivity index (χ2v) is 6.66. The minimum absolute atomic E-state index is 0.191. The van der Waals surface area contributed by atoms with E-state index < -0.39 is 0 Å². The van der Waals surface area contributed by atoms with Crippen LogP contribution in [0.1, 0.15) is 45.3 Å². The summed E-state index contributed by atoms with van der Waals surface area (Å²) in [6, 6.07) is 2.20. The molecular weight excluding hydrogens is 230 g/mol. The first-order valence-corrected chi connectivity index (χ1v) is 7.39. The Bertz CT molecular complexity index is 328. The van der Waals surface area contributed by atoms with E-state index in [0.29, 0.717) is 12.0 Å². The Morgan fingerprint density at radius 1 is 1.47 bits per heavy atom. The third-order valence-electron chi connectivity index (χ3n) is 3.21. The van der Waals surface area contributed by atoms with Crippen molar-refractivity contribution in [2.24, 2.45) is 5.92 Å². The Balaban J connectivity index is 1.98. The predicted octanol–water partition coefficient (Wildman–Crippen LogP) is 3.60. The number of nitrogens with one attached hydrogen (secondary N) is 1. The first kappa shape index (κ1) is 13.1. The van der Waals surface area contributed by atoms with Crippen LogP contribution in [-0.2, 0) is 4.74 Å².